The Morgan fingerprint density at radius 2 is 1.97 bits per heavy atom. The summed E-state index contributed by atoms with van der Waals surface area (Å²) in [5.41, 5.74) is 4.04. The minimum absolute atomic E-state index is 0.0558. The average Bonchev–Trinajstić information content (AvgIpc) is 3.29. The number of carbonyl (C=O) groups is 2. The number of anilines is 1. The molecule has 0 spiro atoms. The number of piperidine rings is 1. The highest BCUT2D eigenvalue weighted by Gasteiger charge is 2.27. The Labute approximate surface area is 199 Å². The Hall–Kier alpha value is -3.52. The number of esters is 1. The minimum atomic E-state index is -0.397. The van der Waals surface area contributed by atoms with Gasteiger partial charge in [-0.1, -0.05) is 41.1 Å². The molecule has 1 unspecified atom stereocenters. The van der Waals surface area contributed by atoms with E-state index in [1.165, 1.54) is 5.56 Å². The van der Waals surface area contributed by atoms with Crippen LogP contribution >= 0.6 is 0 Å². The van der Waals surface area contributed by atoms with Crippen LogP contribution in [0, 0.1) is 19.8 Å². The van der Waals surface area contributed by atoms with E-state index in [1.807, 2.05) is 44.2 Å². The van der Waals surface area contributed by atoms with Crippen molar-refractivity contribution in [3.8, 4) is 11.4 Å². The molecular weight excluding hydrogens is 432 g/mol. The van der Waals surface area contributed by atoms with Gasteiger partial charge in [0.25, 0.3) is 0 Å². The molecule has 0 aliphatic carbocycles. The summed E-state index contributed by atoms with van der Waals surface area (Å²) in [6.07, 6.45) is 1.70. The van der Waals surface area contributed by atoms with E-state index in [4.69, 9.17) is 9.26 Å². The third-order valence-corrected chi connectivity index (χ3v) is 6.02. The molecule has 1 aliphatic rings. The molecule has 2 aromatic carbocycles. The van der Waals surface area contributed by atoms with Crippen molar-refractivity contribution in [3.05, 3.63) is 65.0 Å². The van der Waals surface area contributed by atoms with Crippen LogP contribution in [0.4, 0.5) is 5.69 Å². The molecule has 1 aromatic heterocycles. The molecule has 2 heterocycles. The summed E-state index contributed by atoms with van der Waals surface area (Å²) in [6.45, 7) is 7.97. The van der Waals surface area contributed by atoms with E-state index < -0.39 is 5.97 Å². The maximum absolute atomic E-state index is 13.0. The predicted octanol–water partition coefficient (Wildman–Crippen LogP) is 4.38. The molecule has 1 N–H and O–H groups in total. The molecular formula is C26H30N4O4. The van der Waals surface area contributed by atoms with Crippen molar-refractivity contribution < 1.29 is 18.8 Å². The fourth-order valence-corrected chi connectivity index (χ4v) is 4.08. The van der Waals surface area contributed by atoms with E-state index >= 15 is 0 Å². The normalized spacial score (nSPS) is 16.3. The lowest BCUT2D eigenvalue weighted by molar-refractivity contribution is -0.121. The molecule has 0 radical (unpaired) electrons. The molecule has 34 heavy (non-hydrogen) atoms. The summed E-state index contributed by atoms with van der Waals surface area (Å²) in [5, 5.41) is 7.11. The largest absolute Gasteiger partial charge is 0.462 e. The zero-order chi connectivity index (χ0) is 24.1. The lowest BCUT2D eigenvalue weighted by Gasteiger charge is -2.31. The zero-order valence-electron chi connectivity index (χ0n) is 19.8. The van der Waals surface area contributed by atoms with Crippen LogP contribution in [-0.2, 0) is 16.1 Å². The van der Waals surface area contributed by atoms with E-state index in [-0.39, 0.29) is 11.8 Å². The van der Waals surface area contributed by atoms with Gasteiger partial charge in [-0.15, -0.1) is 0 Å². The van der Waals surface area contributed by atoms with Crippen LogP contribution in [0.5, 0.6) is 0 Å². The number of amides is 1. The Morgan fingerprint density at radius 3 is 2.74 bits per heavy atom. The monoisotopic (exact) mass is 462 g/mol. The van der Waals surface area contributed by atoms with Crippen LogP contribution < -0.4 is 5.32 Å². The molecule has 1 saturated heterocycles. The van der Waals surface area contributed by atoms with Crippen molar-refractivity contribution in [3.63, 3.8) is 0 Å². The SMILES string of the molecule is CCOC(=O)c1ccc(C)c(NC(=O)C2CCCN(Cc3nc(-c4ccc(C)cc4)no3)C2)c1. The van der Waals surface area contributed by atoms with Crippen LogP contribution in [0.25, 0.3) is 11.4 Å². The van der Waals surface area contributed by atoms with E-state index in [0.29, 0.717) is 42.7 Å². The quantitative estimate of drug-likeness (QED) is 0.520. The van der Waals surface area contributed by atoms with Gasteiger partial charge < -0.3 is 14.6 Å². The van der Waals surface area contributed by atoms with Crippen molar-refractivity contribution >= 4 is 17.6 Å². The second kappa shape index (κ2) is 10.6. The Balaban J connectivity index is 1.37. The number of nitrogens with zero attached hydrogens (tertiary/aromatic N) is 3. The summed E-state index contributed by atoms with van der Waals surface area (Å²) in [7, 11) is 0. The molecule has 178 valence electrons. The second-order valence-corrected chi connectivity index (χ2v) is 8.69. The molecule has 0 bridgehead atoms. The van der Waals surface area contributed by atoms with Crippen LogP contribution in [-0.4, -0.2) is 46.6 Å². The van der Waals surface area contributed by atoms with Crippen molar-refractivity contribution in [1.29, 1.82) is 0 Å². The first-order valence-corrected chi connectivity index (χ1v) is 11.6. The van der Waals surface area contributed by atoms with Gasteiger partial charge in [-0.3, -0.25) is 9.69 Å². The van der Waals surface area contributed by atoms with Crippen LogP contribution in [0.15, 0.2) is 47.0 Å². The molecule has 4 rings (SSSR count). The Bertz CT molecular complexity index is 1160. The highest BCUT2D eigenvalue weighted by atomic mass is 16.5. The van der Waals surface area contributed by atoms with E-state index in [2.05, 4.69) is 20.4 Å². The number of nitrogens with one attached hydrogen (secondary N) is 1. The van der Waals surface area contributed by atoms with Crippen LogP contribution in [0.3, 0.4) is 0 Å². The first kappa shape index (κ1) is 23.6. The number of aromatic nitrogens is 2. The van der Waals surface area contributed by atoms with Crippen LogP contribution in [0.2, 0.25) is 0 Å². The number of hydrogen-bond acceptors (Lipinski definition) is 7. The van der Waals surface area contributed by atoms with Gasteiger partial charge in [0.2, 0.25) is 17.6 Å². The van der Waals surface area contributed by atoms with Gasteiger partial charge in [-0.25, -0.2) is 4.79 Å². The molecule has 1 atom stereocenters. The molecule has 8 heteroatoms. The lowest BCUT2D eigenvalue weighted by Crippen LogP contribution is -2.40. The summed E-state index contributed by atoms with van der Waals surface area (Å²) in [4.78, 5) is 31.8. The molecule has 3 aromatic rings. The second-order valence-electron chi connectivity index (χ2n) is 8.69. The number of hydrogen-bond donors (Lipinski definition) is 1. The average molecular weight is 463 g/mol. The van der Waals surface area contributed by atoms with E-state index in [0.717, 1.165) is 30.5 Å². The number of rotatable bonds is 7. The molecule has 1 aliphatic heterocycles. The smallest absolute Gasteiger partial charge is 0.338 e. The number of ether oxygens (including phenoxy) is 1. The fraction of sp³-hybridized carbons (Fsp3) is 0.385. The van der Waals surface area contributed by atoms with Gasteiger partial charge in [0, 0.05) is 17.8 Å². The highest BCUT2D eigenvalue weighted by molar-refractivity contribution is 5.96. The first-order valence-electron chi connectivity index (χ1n) is 11.6. The third-order valence-electron chi connectivity index (χ3n) is 6.02. The topological polar surface area (TPSA) is 97.6 Å². The first-order chi connectivity index (χ1) is 16.4. The Morgan fingerprint density at radius 1 is 1.18 bits per heavy atom. The van der Waals surface area contributed by atoms with Crippen LogP contribution in [0.1, 0.15) is 47.1 Å². The summed E-state index contributed by atoms with van der Waals surface area (Å²) in [5.74, 6) is 0.484. The van der Waals surface area contributed by atoms with Crippen molar-refractivity contribution in [2.75, 3.05) is 25.0 Å². The summed E-state index contributed by atoms with van der Waals surface area (Å²) < 4.78 is 10.5. The van der Waals surface area contributed by atoms with Gasteiger partial charge in [0.05, 0.1) is 24.6 Å². The summed E-state index contributed by atoms with van der Waals surface area (Å²) in [6, 6.07) is 13.2. The standard InChI is InChI=1S/C26H30N4O4/c1-4-33-26(32)20-12-9-18(3)22(14-20)27-25(31)21-6-5-13-30(15-21)16-23-28-24(29-34-23)19-10-7-17(2)8-11-19/h7-12,14,21H,4-6,13,15-16H2,1-3H3,(H,27,31). The minimum Gasteiger partial charge on any atom is -0.462 e. The van der Waals surface area contributed by atoms with Gasteiger partial charge in [-0.05, 0) is 57.9 Å². The predicted molar refractivity (Wildman–Crippen MR) is 128 cm³/mol. The van der Waals surface area contributed by atoms with Crippen molar-refractivity contribution in [1.82, 2.24) is 15.0 Å². The molecule has 1 amide bonds. The fourth-order valence-electron chi connectivity index (χ4n) is 4.08. The van der Waals surface area contributed by atoms with E-state index in [9.17, 15) is 9.59 Å². The number of likely N-dealkylation sites (tertiary alicyclic amines) is 1. The Kier molecular flexibility index (Phi) is 7.37. The number of aryl methyl sites for hydroxylation is 2. The molecule has 0 saturated carbocycles. The van der Waals surface area contributed by atoms with Gasteiger partial charge in [-0.2, -0.15) is 4.98 Å². The number of benzene rings is 2. The maximum atomic E-state index is 13.0. The maximum Gasteiger partial charge on any atom is 0.338 e. The molecule has 1 fully saturated rings. The van der Waals surface area contributed by atoms with Gasteiger partial charge in [0.1, 0.15) is 0 Å². The van der Waals surface area contributed by atoms with Crippen molar-refractivity contribution in [2.24, 2.45) is 5.92 Å². The zero-order valence-corrected chi connectivity index (χ0v) is 19.8. The number of carbonyl (C=O) groups excluding carboxylic acids is 2. The highest BCUT2D eigenvalue weighted by Crippen LogP contribution is 2.24. The summed E-state index contributed by atoms with van der Waals surface area (Å²) >= 11 is 0. The molecule has 8 nitrogen and oxygen atoms in total. The van der Waals surface area contributed by atoms with Crippen molar-refractivity contribution in [2.45, 2.75) is 40.2 Å². The van der Waals surface area contributed by atoms with Gasteiger partial charge in [0.15, 0.2) is 0 Å². The lowest BCUT2D eigenvalue weighted by atomic mass is 9.96. The van der Waals surface area contributed by atoms with Gasteiger partial charge >= 0.3 is 5.97 Å². The van der Waals surface area contributed by atoms with E-state index in [1.54, 1.807) is 19.1 Å². The third kappa shape index (κ3) is 5.69.